The first-order valence-corrected chi connectivity index (χ1v) is 46.2. The summed E-state index contributed by atoms with van der Waals surface area (Å²) >= 11 is 0. The number of benzene rings is 4. The number of amides is 6. The Kier molecular flexibility index (Phi) is 40.3. The highest BCUT2D eigenvalue weighted by atomic mass is 19.1. The van der Waals surface area contributed by atoms with Gasteiger partial charge in [0, 0.05) is 97.7 Å². The van der Waals surface area contributed by atoms with E-state index in [2.05, 4.69) is 36.9 Å². The van der Waals surface area contributed by atoms with Crippen LogP contribution in [0.2, 0.25) is 0 Å². The zero-order valence-corrected chi connectivity index (χ0v) is 77.7. The Morgan fingerprint density at radius 1 is 0.635 bits per heavy atom. The molecule has 1 aliphatic carbocycles. The van der Waals surface area contributed by atoms with Gasteiger partial charge >= 0.3 is 18.0 Å². The van der Waals surface area contributed by atoms with E-state index >= 15 is 4.39 Å². The Bertz CT molecular complexity index is 5310. The van der Waals surface area contributed by atoms with E-state index < -0.39 is 115 Å². The molecule has 10 N–H and O–H groups in total. The van der Waals surface area contributed by atoms with Gasteiger partial charge < -0.3 is 137 Å². The van der Waals surface area contributed by atoms with Crippen molar-refractivity contribution in [1.82, 2.24) is 51.1 Å². The number of para-hydroxylation sites is 1. The maximum Gasteiger partial charge on any atom is 0.407 e. The Labute approximate surface area is 790 Å². The Balaban J connectivity index is 0.605. The predicted molar refractivity (Wildman–Crippen MR) is 486 cm³/mol. The second-order valence-electron chi connectivity index (χ2n) is 33.3. The first-order chi connectivity index (χ1) is 66.4. The van der Waals surface area contributed by atoms with Gasteiger partial charge in [0.25, 0.3) is 5.56 Å². The molecule has 0 saturated carbocycles. The van der Waals surface area contributed by atoms with Crippen LogP contribution in [0, 0.1) is 12.7 Å². The van der Waals surface area contributed by atoms with Gasteiger partial charge in [-0.2, -0.15) is 0 Å². The summed E-state index contributed by atoms with van der Waals surface area (Å²) in [4.78, 5) is 130. The van der Waals surface area contributed by atoms with Crippen LogP contribution in [0.4, 0.5) is 14.9 Å². The molecule has 7 heterocycles. The van der Waals surface area contributed by atoms with E-state index in [-0.39, 0.29) is 167 Å². The number of nitrogens with one attached hydrogen (secondary N) is 5. The lowest BCUT2D eigenvalue weighted by Crippen LogP contribution is -2.61. The minimum absolute atomic E-state index is 0.0246. The minimum atomic E-state index is -2.13. The lowest BCUT2D eigenvalue weighted by Gasteiger charge is -2.38. The average molecular weight is 1920 g/mol. The Morgan fingerprint density at radius 3 is 1.84 bits per heavy atom. The zero-order chi connectivity index (χ0) is 97.3. The van der Waals surface area contributed by atoms with Crippen LogP contribution in [0.5, 0.6) is 5.75 Å². The molecule has 137 heavy (non-hydrogen) atoms. The molecule has 12 rings (SSSR count). The van der Waals surface area contributed by atoms with Gasteiger partial charge in [-0.3, -0.25) is 28.8 Å². The van der Waals surface area contributed by atoms with Crippen molar-refractivity contribution in [2.75, 3.05) is 177 Å². The summed E-state index contributed by atoms with van der Waals surface area (Å²) < 4.78 is 107. The second kappa shape index (κ2) is 52.7. The summed E-state index contributed by atoms with van der Waals surface area (Å²) in [6.07, 6.45) is -10.7. The van der Waals surface area contributed by atoms with Gasteiger partial charge in [-0.1, -0.05) is 60.7 Å². The van der Waals surface area contributed by atoms with Gasteiger partial charge in [0.15, 0.2) is 11.7 Å². The molecule has 1 saturated heterocycles. The normalized spacial score (nSPS) is 18.1. The SMILES string of the molecule is CC[C@@]1(O)C(=O)OCc2c1cc1n(c2=O)Cc2c-1nc1cc(F)c(C)c3c1c2[C@@H](NC(=O)OCc1ccc(O[C@@H]2O[C@H](C(=O)O)[C@@H](O)[C@H](O)[C@H]2O)c(CNC(=O)CCNC(=O)[C@H](CNC(=O)CCOCCOCCOCCOCCOCCOCCOCCOCCOCCOCCOCCOC)NC(=O)CCCCC(=O)N2Cc4ccccc4-c4nnn(C(C)C)c4-c4ccccc42)c1)CC3. The number of aliphatic carboxylic acids is 1. The number of alkyl carbamates (subject to hydrolysis) is 1. The minimum Gasteiger partial charge on any atom is -0.479 e. The van der Waals surface area contributed by atoms with Gasteiger partial charge in [-0.25, -0.2) is 28.4 Å². The van der Waals surface area contributed by atoms with Gasteiger partial charge in [0.1, 0.15) is 54.8 Å². The quantitative estimate of drug-likeness (QED) is 0.0188. The highest BCUT2D eigenvalue weighted by Crippen LogP contribution is 2.47. The number of ether oxygens (including phenoxy) is 16. The van der Waals surface area contributed by atoms with E-state index in [1.54, 1.807) is 25.9 Å². The molecule has 0 radical (unpaired) electrons. The van der Waals surface area contributed by atoms with Crippen LogP contribution < -0.4 is 41.8 Å². The van der Waals surface area contributed by atoms with Crippen molar-refractivity contribution in [3.05, 3.63) is 145 Å². The van der Waals surface area contributed by atoms with E-state index in [0.717, 1.165) is 22.4 Å². The number of aromatic nitrogens is 5. The molecule has 3 aromatic heterocycles. The summed E-state index contributed by atoms with van der Waals surface area (Å²) in [5.74, 6) is -6.01. The molecule has 8 atom stereocenters. The Morgan fingerprint density at radius 2 is 1.23 bits per heavy atom. The van der Waals surface area contributed by atoms with E-state index in [4.69, 9.17) is 80.8 Å². The molecule has 0 spiro atoms. The van der Waals surface area contributed by atoms with Gasteiger partial charge in [-0.15, -0.1) is 5.10 Å². The van der Waals surface area contributed by atoms with Crippen molar-refractivity contribution >= 4 is 64.2 Å². The first-order valence-electron chi connectivity index (χ1n) is 46.2. The van der Waals surface area contributed by atoms with E-state index in [1.807, 2.05) is 67.1 Å². The van der Waals surface area contributed by atoms with Crippen LogP contribution in [0.3, 0.4) is 0 Å². The number of halogens is 1. The number of methoxy groups -OCH3 is 1. The molecule has 4 aromatic carbocycles. The molecular formula is C95H124FN11O30. The highest BCUT2D eigenvalue weighted by molar-refractivity contribution is 6.01. The van der Waals surface area contributed by atoms with Crippen molar-refractivity contribution in [3.63, 3.8) is 0 Å². The molecule has 0 unspecified atom stereocenters. The molecule has 0 bridgehead atoms. The number of aryl methyl sites for hydroxylation is 1. The predicted octanol–water partition coefficient (Wildman–Crippen LogP) is 4.27. The number of carboxylic acid groups (broad SMARTS) is 1. The molecule has 1 fully saturated rings. The van der Waals surface area contributed by atoms with Crippen molar-refractivity contribution in [1.29, 1.82) is 0 Å². The molecule has 746 valence electrons. The number of rotatable bonds is 58. The van der Waals surface area contributed by atoms with Crippen LogP contribution in [0.15, 0.2) is 83.7 Å². The molecule has 41 nitrogen and oxygen atoms in total. The average Bonchev–Trinajstić information content (AvgIpc) is 1.57. The van der Waals surface area contributed by atoms with Crippen molar-refractivity contribution in [2.24, 2.45) is 0 Å². The topological polar surface area (TPSA) is 514 Å². The fourth-order valence-corrected chi connectivity index (χ4v) is 16.4. The smallest absolute Gasteiger partial charge is 0.407 e. The number of aliphatic hydroxyl groups excluding tert-OH is 3. The Hall–Kier alpha value is -11.0. The largest absolute Gasteiger partial charge is 0.479 e. The monoisotopic (exact) mass is 1920 g/mol. The molecule has 42 heteroatoms. The second-order valence-corrected chi connectivity index (χ2v) is 33.3. The summed E-state index contributed by atoms with van der Waals surface area (Å²) in [6.45, 7) is 14.4. The third kappa shape index (κ3) is 28.2. The number of anilines is 1. The molecule has 6 amide bonds. The number of nitrogens with zero attached hydrogens (tertiary/aromatic N) is 6. The van der Waals surface area contributed by atoms with Gasteiger partial charge in [-0.05, 0) is 105 Å². The number of unbranched alkanes of at least 4 members (excludes halogenated alkanes) is 1. The maximum atomic E-state index is 15.8. The van der Waals surface area contributed by atoms with E-state index in [9.17, 15) is 68.7 Å². The summed E-state index contributed by atoms with van der Waals surface area (Å²) in [5.41, 5.74) is 5.42. The van der Waals surface area contributed by atoms with Gasteiger partial charge in [0.05, 0.1) is 205 Å². The lowest BCUT2D eigenvalue weighted by molar-refractivity contribution is -0.271. The van der Waals surface area contributed by atoms with Crippen molar-refractivity contribution < 1.29 is 144 Å². The van der Waals surface area contributed by atoms with Gasteiger partial charge in [0.2, 0.25) is 35.8 Å². The number of hydrogen-bond donors (Lipinski definition) is 10. The van der Waals surface area contributed by atoms with Crippen LogP contribution in [0.1, 0.15) is 134 Å². The lowest BCUT2D eigenvalue weighted by atomic mass is 9.81. The zero-order valence-electron chi connectivity index (χ0n) is 77.7. The fraction of sp³-hybridized carbons (Fsp3) is 0.558. The number of hydrogen-bond acceptors (Lipinski definition) is 32. The number of esters is 1. The third-order valence-electron chi connectivity index (χ3n) is 23.7. The summed E-state index contributed by atoms with van der Waals surface area (Å²) in [5, 5.41) is 77.1. The number of pyridine rings is 2. The fourth-order valence-electron chi connectivity index (χ4n) is 16.4. The molecular weight excluding hydrogens is 1790 g/mol. The van der Waals surface area contributed by atoms with Crippen molar-refractivity contribution in [2.45, 2.75) is 173 Å². The maximum absolute atomic E-state index is 15.8. The summed E-state index contributed by atoms with van der Waals surface area (Å²) in [7, 11) is 1.62. The van der Waals surface area contributed by atoms with Crippen LogP contribution >= 0.6 is 0 Å². The number of aliphatic hydroxyl groups is 4. The third-order valence-corrected chi connectivity index (χ3v) is 23.7. The number of carbonyl (C=O) groups is 8. The summed E-state index contributed by atoms with van der Waals surface area (Å²) in [6, 6.07) is 20.1. The first kappa shape index (κ1) is 105. The standard InChI is InChI=1S/C95H124FN11O30/c1-6-95(121)68-50-74-82-66(55-106(74)90(116)67(68)57-134-93(95)119)81-70(21-20-63-59(4)69(96)51-71(101-82)80(63)81)102-94(120)135-56-60-19-22-75(136-92-87(114)85(112)86(113)88(137-92)91(117)118)62(49-60)52-98-76(108)23-25-97-89(115)72(100-78(110)17-11-12-18-79(111)105-54-61-13-7-8-14-64(61)83-84(107(58(2)3)104-103-83)65-15-9-10-16-73(65)105)53-99-77(109)24-26-123-29-30-125-33-34-127-37-38-129-41-42-131-45-46-133-48-47-132-44-43-130-40-39-128-36-35-126-32-31-124-28-27-122-5/h7-10,13-16,19,22,49-51,58,70,72,85-88,92,112-114,121H,6,11-12,17-18,20-21,23-48,52-57H2,1-5H3,(H,97,115)(H,98,108)(H,99,109)(H,100,110)(H,102,120)(H,117,118)/t70-,72-,85-,86-,87+,88-,92+,95-/m0/s1. The number of carboxylic acids is 1. The number of carbonyl (C=O) groups excluding carboxylic acids is 7. The van der Waals surface area contributed by atoms with Crippen LogP contribution in [-0.2, 0) is 149 Å². The van der Waals surface area contributed by atoms with E-state index in [0.29, 0.717) is 171 Å². The van der Waals surface area contributed by atoms with Crippen LogP contribution in [0.25, 0.3) is 44.8 Å². The molecule has 7 aromatic rings. The number of cyclic esters (lactones) is 1. The molecule has 5 aliphatic rings. The number of fused-ring (bicyclic) bond motifs is 10. The molecule has 4 aliphatic heterocycles. The van der Waals surface area contributed by atoms with E-state index in [1.165, 1.54) is 34.9 Å². The highest BCUT2D eigenvalue weighted by Gasteiger charge is 2.49. The van der Waals surface area contributed by atoms with Crippen molar-refractivity contribution in [3.8, 4) is 39.7 Å². The van der Waals surface area contributed by atoms with Crippen LogP contribution in [-0.4, -0.2) is 307 Å².